The molecule has 1 aliphatic rings. The van der Waals surface area contributed by atoms with E-state index in [2.05, 4.69) is 31.3 Å². The fraction of sp³-hybridized carbons (Fsp3) is 0.250. The minimum absolute atomic E-state index is 0.0376. The number of amides is 1. The quantitative estimate of drug-likeness (QED) is 0.500. The molecule has 1 aliphatic heterocycles. The lowest BCUT2D eigenvalue weighted by atomic mass is 9.94. The summed E-state index contributed by atoms with van der Waals surface area (Å²) in [5.74, 6) is -0.208. The molecular weight excluding hydrogens is 486 g/mol. The summed E-state index contributed by atoms with van der Waals surface area (Å²) >= 11 is 3.39. The van der Waals surface area contributed by atoms with Gasteiger partial charge in [-0.25, -0.2) is 9.48 Å². The summed E-state index contributed by atoms with van der Waals surface area (Å²) < 4.78 is 7.97. The van der Waals surface area contributed by atoms with Crippen molar-refractivity contribution in [2.45, 2.75) is 26.8 Å². The Bertz CT molecular complexity index is 1200. The lowest BCUT2D eigenvalue weighted by Crippen LogP contribution is -2.40. The number of carbonyl (C=O) groups excluding carboxylic acids is 2. The minimum atomic E-state index is -0.507. The second-order valence-corrected chi connectivity index (χ2v) is 8.59. The van der Waals surface area contributed by atoms with Gasteiger partial charge in [-0.1, -0.05) is 45.8 Å². The van der Waals surface area contributed by atoms with Crippen LogP contribution in [0.3, 0.4) is 0 Å². The number of allylic oxidation sites excluding steroid dienone is 1. The highest BCUT2D eigenvalue weighted by molar-refractivity contribution is 9.10. The maximum absolute atomic E-state index is 13.1. The average molecular weight is 510 g/mol. The average Bonchev–Trinajstić information content (AvgIpc) is 3.27. The van der Waals surface area contributed by atoms with Gasteiger partial charge in [-0.2, -0.15) is 10.1 Å². The van der Waals surface area contributed by atoms with Crippen molar-refractivity contribution in [1.29, 1.82) is 0 Å². The fourth-order valence-corrected chi connectivity index (χ4v) is 4.09. The molecule has 0 fully saturated rings. The van der Waals surface area contributed by atoms with Gasteiger partial charge in [0.25, 0.3) is 0 Å². The van der Waals surface area contributed by atoms with Crippen molar-refractivity contribution < 1.29 is 14.3 Å². The summed E-state index contributed by atoms with van der Waals surface area (Å²) in [5.41, 5.74) is 3.69. The van der Waals surface area contributed by atoms with Gasteiger partial charge in [-0.15, -0.1) is 0 Å². The van der Waals surface area contributed by atoms with Crippen LogP contribution in [0.5, 0.6) is 0 Å². The topological polar surface area (TPSA) is 89.3 Å². The lowest BCUT2D eigenvalue weighted by molar-refractivity contribution is -0.139. The lowest BCUT2D eigenvalue weighted by Gasteiger charge is -2.35. The summed E-state index contributed by atoms with van der Waals surface area (Å²) in [5, 5.41) is 7.28. The van der Waals surface area contributed by atoms with Gasteiger partial charge < -0.3 is 15.0 Å². The molecule has 8 nitrogen and oxygen atoms in total. The van der Waals surface area contributed by atoms with Crippen LogP contribution in [0.2, 0.25) is 0 Å². The Balaban J connectivity index is 1.72. The number of nitrogens with one attached hydrogen (secondary N) is 1. The molecule has 1 N–H and O–H groups in total. The smallest absolute Gasteiger partial charge is 0.338 e. The van der Waals surface area contributed by atoms with Crippen molar-refractivity contribution in [3.8, 4) is 0 Å². The predicted molar refractivity (Wildman–Crippen MR) is 129 cm³/mol. The van der Waals surface area contributed by atoms with Crippen molar-refractivity contribution in [3.05, 3.63) is 81.7 Å². The summed E-state index contributed by atoms with van der Waals surface area (Å²) in [7, 11) is 0. The van der Waals surface area contributed by atoms with Crippen molar-refractivity contribution in [2.75, 3.05) is 23.4 Å². The molecule has 9 heteroatoms. The largest absolute Gasteiger partial charge is 0.463 e. The molecule has 2 aromatic carbocycles. The van der Waals surface area contributed by atoms with Gasteiger partial charge in [-0.3, -0.25) is 4.79 Å². The van der Waals surface area contributed by atoms with Crippen molar-refractivity contribution >= 4 is 39.4 Å². The van der Waals surface area contributed by atoms with E-state index in [0.29, 0.717) is 22.9 Å². The summed E-state index contributed by atoms with van der Waals surface area (Å²) in [6, 6.07) is 14.7. The van der Waals surface area contributed by atoms with E-state index in [1.807, 2.05) is 43.3 Å². The van der Waals surface area contributed by atoms with Gasteiger partial charge in [0, 0.05) is 15.9 Å². The number of benzene rings is 2. The maximum Gasteiger partial charge on any atom is 0.338 e. The predicted octanol–water partition coefficient (Wildman–Crippen LogP) is 4.23. The molecule has 0 saturated heterocycles. The fourth-order valence-electron chi connectivity index (χ4n) is 3.83. The maximum atomic E-state index is 13.1. The Kier molecular flexibility index (Phi) is 6.60. The Morgan fingerprint density at radius 3 is 2.45 bits per heavy atom. The molecule has 0 bridgehead atoms. The molecule has 0 saturated carbocycles. The molecule has 33 heavy (non-hydrogen) atoms. The van der Waals surface area contributed by atoms with Gasteiger partial charge in [0.05, 0.1) is 12.2 Å². The number of fused-ring (bicyclic) bond motifs is 1. The molecule has 3 aromatic rings. The van der Waals surface area contributed by atoms with Crippen molar-refractivity contribution in [3.63, 3.8) is 0 Å². The van der Waals surface area contributed by atoms with E-state index in [0.717, 1.165) is 15.6 Å². The number of hydrogen-bond donors (Lipinski definition) is 1. The number of carbonyl (C=O) groups is 2. The first-order valence-electron chi connectivity index (χ1n) is 10.6. The first-order chi connectivity index (χ1) is 15.9. The van der Waals surface area contributed by atoms with Crippen LogP contribution in [0.15, 0.2) is 70.6 Å². The standard InChI is InChI=1S/C24H24BrN5O3/c1-4-33-23(32)21-16(3)29(13-20(31)28-19-11-9-18(25)10-12-19)24-26-14-27-30(24)22(21)17-7-5-15(2)6-8-17/h5-12,14,22H,4,13H2,1-3H3,(H,28,31)/t22-/m0/s1. The van der Waals surface area contributed by atoms with Crippen LogP contribution in [0, 0.1) is 6.92 Å². The molecule has 170 valence electrons. The Morgan fingerprint density at radius 1 is 1.09 bits per heavy atom. The van der Waals surface area contributed by atoms with Crippen LogP contribution in [-0.4, -0.2) is 39.8 Å². The van der Waals surface area contributed by atoms with E-state index in [4.69, 9.17) is 4.74 Å². The second-order valence-electron chi connectivity index (χ2n) is 7.68. The summed E-state index contributed by atoms with van der Waals surface area (Å²) in [4.78, 5) is 32.0. The first kappa shape index (κ1) is 22.7. The highest BCUT2D eigenvalue weighted by atomic mass is 79.9. The zero-order chi connectivity index (χ0) is 23.5. The van der Waals surface area contributed by atoms with Gasteiger partial charge in [0.2, 0.25) is 11.9 Å². The molecule has 2 heterocycles. The van der Waals surface area contributed by atoms with E-state index >= 15 is 0 Å². The number of aryl methyl sites for hydroxylation is 1. The molecule has 4 rings (SSSR count). The SMILES string of the molecule is CCOC(=O)C1=C(C)N(CC(=O)Nc2ccc(Br)cc2)c2ncnn2[C@H]1c1ccc(C)cc1. The van der Waals surface area contributed by atoms with Crippen LogP contribution in [0.1, 0.15) is 31.0 Å². The Labute approximate surface area is 200 Å². The Hall–Kier alpha value is -3.46. The van der Waals surface area contributed by atoms with Crippen LogP contribution < -0.4 is 10.2 Å². The number of halogens is 1. The third-order valence-corrected chi connectivity index (χ3v) is 5.96. The van der Waals surface area contributed by atoms with Crippen LogP contribution in [-0.2, 0) is 14.3 Å². The van der Waals surface area contributed by atoms with Gasteiger partial charge >= 0.3 is 5.97 Å². The normalized spacial score (nSPS) is 15.3. The summed E-state index contributed by atoms with van der Waals surface area (Å²) in [6.45, 7) is 5.78. The molecule has 0 unspecified atom stereocenters. The van der Waals surface area contributed by atoms with Crippen LogP contribution in [0.4, 0.5) is 11.6 Å². The van der Waals surface area contributed by atoms with Crippen molar-refractivity contribution in [2.24, 2.45) is 0 Å². The first-order valence-corrected chi connectivity index (χ1v) is 11.3. The number of aromatic nitrogens is 3. The van der Waals surface area contributed by atoms with Gasteiger partial charge in [0.15, 0.2) is 0 Å². The van der Waals surface area contributed by atoms with Gasteiger partial charge in [0.1, 0.15) is 18.9 Å². The van der Waals surface area contributed by atoms with Crippen LogP contribution >= 0.6 is 15.9 Å². The van der Waals surface area contributed by atoms with Crippen LogP contribution in [0.25, 0.3) is 0 Å². The number of anilines is 2. The molecule has 0 aliphatic carbocycles. The molecule has 0 radical (unpaired) electrons. The highest BCUT2D eigenvalue weighted by Crippen LogP contribution is 2.38. The van der Waals surface area contributed by atoms with Gasteiger partial charge in [-0.05, 0) is 50.6 Å². The Morgan fingerprint density at radius 2 is 1.79 bits per heavy atom. The van der Waals surface area contributed by atoms with E-state index in [1.165, 1.54) is 6.33 Å². The zero-order valence-electron chi connectivity index (χ0n) is 18.6. The molecular formula is C24H24BrN5O3. The third kappa shape index (κ3) is 4.68. The van der Waals surface area contributed by atoms with E-state index in [9.17, 15) is 9.59 Å². The molecule has 0 spiro atoms. The number of ether oxygens (including phenoxy) is 1. The minimum Gasteiger partial charge on any atom is -0.463 e. The summed E-state index contributed by atoms with van der Waals surface area (Å²) in [6.07, 6.45) is 1.43. The number of rotatable bonds is 6. The molecule has 1 atom stereocenters. The van der Waals surface area contributed by atoms with E-state index in [1.54, 1.807) is 35.6 Å². The number of esters is 1. The highest BCUT2D eigenvalue weighted by Gasteiger charge is 2.38. The molecule has 1 aromatic heterocycles. The monoisotopic (exact) mass is 509 g/mol. The van der Waals surface area contributed by atoms with E-state index in [-0.39, 0.29) is 19.1 Å². The van der Waals surface area contributed by atoms with Crippen molar-refractivity contribution in [1.82, 2.24) is 14.8 Å². The number of nitrogens with zero attached hydrogens (tertiary/aromatic N) is 4. The molecule has 1 amide bonds. The van der Waals surface area contributed by atoms with E-state index < -0.39 is 12.0 Å². The number of hydrogen-bond acceptors (Lipinski definition) is 6. The zero-order valence-corrected chi connectivity index (χ0v) is 20.2. The second kappa shape index (κ2) is 9.58. The third-order valence-electron chi connectivity index (χ3n) is 5.43.